The molecule has 0 atom stereocenters. The summed E-state index contributed by atoms with van der Waals surface area (Å²) < 4.78 is 4.78. The van der Waals surface area contributed by atoms with Crippen molar-refractivity contribution in [2.24, 2.45) is 0 Å². The van der Waals surface area contributed by atoms with Crippen molar-refractivity contribution < 1.29 is 9.53 Å². The summed E-state index contributed by atoms with van der Waals surface area (Å²) in [7, 11) is 1.39. The summed E-state index contributed by atoms with van der Waals surface area (Å²) in [4.78, 5) is 21.3. The SMILES string of the molecule is CCC(CC)(c1ccc(C(=O)OC)cc1)c1nc(C)c(C)c(C)n1. The van der Waals surface area contributed by atoms with Gasteiger partial charge >= 0.3 is 5.97 Å². The minimum absolute atomic E-state index is 0.252. The van der Waals surface area contributed by atoms with E-state index < -0.39 is 0 Å². The van der Waals surface area contributed by atoms with Crippen LogP contribution in [-0.2, 0) is 10.2 Å². The number of benzene rings is 1. The number of ether oxygens (including phenoxy) is 1. The van der Waals surface area contributed by atoms with Gasteiger partial charge in [0.25, 0.3) is 0 Å². The molecular weight excluding hydrogens is 300 g/mol. The van der Waals surface area contributed by atoms with Gasteiger partial charge in [-0.1, -0.05) is 26.0 Å². The average Bonchev–Trinajstić information content (AvgIpc) is 2.61. The van der Waals surface area contributed by atoms with Crippen molar-refractivity contribution in [3.8, 4) is 0 Å². The van der Waals surface area contributed by atoms with Gasteiger partial charge < -0.3 is 4.74 Å². The summed E-state index contributed by atoms with van der Waals surface area (Å²) in [6.45, 7) is 10.4. The molecule has 0 fully saturated rings. The number of rotatable bonds is 5. The Hall–Kier alpha value is -2.23. The molecule has 0 amide bonds. The van der Waals surface area contributed by atoms with Gasteiger partial charge in [-0.25, -0.2) is 14.8 Å². The first-order chi connectivity index (χ1) is 11.4. The van der Waals surface area contributed by atoms with E-state index in [-0.39, 0.29) is 11.4 Å². The molecule has 128 valence electrons. The van der Waals surface area contributed by atoms with Crippen molar-refractivity contribution in [1.29, 1.82) is 0 Å². The van der Waals surface area contributed by atoms with E-state index in [1.165, 1.54) is 7.11 Å². The molecule has 0 radical (unpaired) electrons. The highest BCUT2D eigenvalue weighted by Gasteiger charge is 2.34. The Morgan fingerprint density at radius 2 is 1.50 bits per heavy atom. The van der Waals surface area contributed by atoms with E-state index in [0.717, 1.165) is 41.2 Å². The van der Waals surface area contributed by atoms with Gasteiger partial charge in [-0.05, 0) is 56.9 Å². The van der Waals surface area contributed by atoms with Crippen molar-refractivity contribution in [2.45, 2.75) is 52.9 Å². The zero-order valence-corrected chi connectivity index (χ0v) is 15.4. The van der Waals surface area contributed by atoms with Gasteiger partial charge in [0.2, 0.25) is 0 Å². The summed E-state index contributed by atoms with van der Waals surface area (Å²) >= 11 is 0. The lowest BCUT2D eigenvalue weighted by atomic mass is 9.74. The van der Waals surface area contributed by atoms with Crippen LogP contribution in [0.2, 0.25) is 0 Å². The van der Waals surface area contributed by atoms with Crippen LogP contribution in [0.1, 0.15) is 65.4 Å². The third-order valence-corrected chi connectivity index (χ3v) is 5.13. The highest BCUT2D eigenvalue weighted by Crippen LogP contribution is 2.37. The zero-order valence-electron chi connectivity index (χ0n) is 15.4. The highest BCUT2D eigenvalue weighted by molar-refractivity contribution is 5.89. The molecule has 0 saturated carbocycles. The van der Waals surface area contributed by atoms with Gasteiger partial charge in [0.1, 0.15) is 5.82 Å². The number of hydrogen-bond acceptors (Lipinski definition) is 4. The summed E-state index contributed by atoms with van der Waals surface area (Å²) in [5.74, 6) is 0.539. The minimum Gasteiger partial charge on any atom is -0.465 e. The van der Waals surface area contributed by atoms with Gasteiger partial charge in [0, 0.05) is 11.4 Å². The third-order valence-electron chi connectivity index (χ3n) is 5.13. The maximum absolute atomic E-state index is 11.7. The second-order valence-electron chi connectivity index (χ2n) is 6.20. The second kappa shape index (κ2) is 7.12. The lowest BCUT2D eigenvalue weighted by Crippen LogP contribution is -2.29. The Balaban J connectivity index is 2.57. The summed E-state index contributed by atoms with van der Waals surface area (Å²) in [6, 6.07) is 7.62. The van der Waals surface area contributed by atoms with E-state index in [2.05, 4.69) is 20.8 Å². The number of aryl methyl sites for hydroxylation is 2. The topological polar surface area (TPSA) is 52.1 Å². The molecule has 4 nitrogen and oxygen atoms in total. The molecule has 1 aromatic carbocycles. The molecule has 2 rings (SSSR count). The van der Waals surface area contributed by atoms with Crippen molar-refractivity contribution in [2.75, 3.05) is 7.11 Å². The number of methoxy groups -OCH3 is 1. The van der Waals surface area contributed by atoms with Gasteiger partial charge in [0.05, 0.1) is 18.1 Å². The molecule has 0 aliphatic carbocycles. The van der Waals surface area contributed by atoms with Crippen LogP contribution in [0.4, 0.5) is 0 Å². The van der Waals surface area contributed by atoms with Crippen LogP contribution in [0.3, 0.4) is 0 Å². The second-order valence-corrected chi connectivity index (χ2v) is 6.20. The standard InChI is InChI=1S/C20H26N2O2/c1-7-20(8-2,19-21-14(4)13(3)15(5)22-19)17-11-9-16(10-12-17)18(23)24-6/h9-12H,7-8H2,1-6H3. The van der Waals surface area contributed by atoms with E-state index >= 15 is 0 Å². The molecule has 24 heavy (non-hydrogen) atoms. The van der Waals surface area contributed by atoms with E-state index in [9.17, 15) is 4.79 Å². The molecule has 0 aliphatic rings. The normalized spacial score (nSPS) is 11.4. The molecule has 1 heterocycles. The van der Waals surface area contributed by atoms with Gasteiger partial charge in [-0.3, -0.25) is 0 Å². The number of hydrogen-bond donors (Lipinski definition) is 0. The van der Waals surface area contributed by atoms with Crippen molar-refractivity contribution >= 4 is 5.97 Å². The molecular formula is C20H26N2O2. The van der Waals surface area contributed by atoms with Crippen LogP contribution in [-0.4, -0.2) is 23.0 Å². The maximum Gasteiger partial charge on any atom is 0.337 e. The molecule has 0 unspecified atom stereocenters. The fourth-order valence-electron chi connectivity index (χ4n) is 3.13. The Kier molecular flexibility index (Phi) is 5.37. The lowest BCUT2D eigenvalue weighted by molar-refractivity contribution is 0.0600. The minimum atomic E-state index is -0.321. The zero-order chi connectivity index (χ0) is 17.9. The number of carbonyl (C=O) groups excluding carboxylic acids is 1. The fourth-order valence-corrected chi connectivity index (χ4v) is 3.13. The Morgan fingerprint density at radius 1 is 1.00 bits per heavy atom. The first kappa shape index (κ1) is 18.1. The highest BCUT2D eigenvalue weighted by atomic mass is 16.5. The van der Waals surface area contributed by atoms with E-state index in [1.807, 2.05) is 38.1 Å². The Labute approximate surface area is 144 Å². The van der Waals surface area contributed by atoms with Gasteiger partial charge in [-0.2, -0.15) is 0 Å². The van der Waals surface area contributed by atoms with Crippen LogP contribution in [0.25, 0.3) is 0 Å². The largest absolute Gasteiger partial charge is 0.465 e. The van der Waals surface area contributed by atoms with Crippen molar-refractivity contribution in [3.63, 3.8) is 0 Å². The molecule has 0 bridgehead atoms. The molecule has 0 saturated heterocycles. The molecule has 2 aromatic rings. The summed E-state index contributed by atoms with van der Waals surface area (Å²) in [6.07, 6.45) is 1.78. The third kappa shape index (κ3) is 3.05. The predicted molar refractivity (Wildman–Crippen MR) is 95.4 cm³/mol. The predicted octanol–water partition coefficient (Wildman–Crippen LogP) is 4.29. The number of aromatic nitrogens is 2. The number of nitrogens with zero attached hydrogens (tertiary/aromatic N) is 2. The van der Waals surface area contributed by atoms with Gasteiger partial charge in [0.15, 0.2) is 0 Å². The van der Waals surface area contributed by atoms with Crippen LogP contribution < -0.4 is 0 Å². The van der Waals surface area contributed by atoms with Crippen LogP contribution >= 0.6 is 0 Å². The first-order valence-corrected chi connectivity index (χ1v) is 8.40. The van der Waals surface area contributed by atoms with E-state index in [4.69, 9.17) is 14.7 Å². The number of esters is 1. The monoisotopic (exact) mass is 326 g/mol. The van der Waals surface area contributed by atoms with Crippen molar-refractivity contribution in [1.82, 2.24) is 9.97 Å². The smallest absolute Gasteiger partial charge is 0.337 e. The van der Waals surface area contributed by atoms with E-state index in [0.29, 0.717) is 5.56 Å². The average molecular weight is 326 g/mol. The molecule has 0 N–H and O–H groups in total. The Bertz CT molecular complexity index is 709. The van der Waals surface area contributed by atoms with Crippen molar-refractivity contribution in [3.05, 3.63) is 58.2 Å². The number of carbonyl (C=O) groups is 1. The van der Waals surface area contributed by atoms with Crippen LogP contribution in [0.15, 0.2) is 24.3 Å². The lowest BCUT2D eigenvalue weighted by Gasteiger charge is -2.31. The van der Waals surface area contributed by atoms with Crippen LogP contribution in [0, 0.1) is 20.8 Å². The fraction of sp³-hybridized carbons (Fsp3) is 0.450. The quantitative estimate of drug-likeness (QED) is 0.769. The van der Waals surface area contributed by atoms with E-state index in [1.54, 1.807) is 0 Å². The van der Waals surface area contributed by atoms with Gasteiger partial charge in [-0.15, -0.1) is 0 Å². The molecule has 0 spiro atoms. The first-order valence-electron chi connectivity index (χ1n) is 8.40. The van der Waals surface area contributed by atoms with Crippen LogP contribution in [0.5, 0.6) is 0 Å². The summed E-state index contributed by atoms with van der Waals surface area (Å²) in [5.41, 5.74) is 4.62. The Morgan fingerprint density at radius 3 is 1.92 bits per heavy atom. The molecule has 1 aromatic heterocycles. The molecule has 0 aliphatic heterocycles. The molecule has 4 heteroatoms. The summed E-state index contributed by atoms with van der Waals surface area (Å²) in [5, 5.41) is 0. The maximum atomic E-state index is 11.7.